The lowest BCUT2D eigenvalue weighted by molar-refractivity contribution is -0.383. The van der Waals surface area contributed by atoms with Crippen molar-refractivity contribution < 1.29 is 13.3 Å². The number of nitro groups is 1. The lowest BCUT2D eigenvalue weighted by Crippen LogP contribution is -2.25. The highest BCUT2D eigenvalue weighted by atomic mass is 32.2. The van der Waals surface area contributed by atoms with Crippen LogP contribution in [0.4, 0.5) is 10.7 Å². The molecule has 0 aromatic carbocycles. The SMILES string of the molecule is CCNc1sc(S(=O)(=O)NCCSC)cc1[N+](=O)[O-]. The van der Waals surface area contributed by atoms with Crippen LogP contribution >= 0.6 is 23.1 Å². The Kier molecular flexibility index (Phi) is 6.04. The van der Waals surface area contributed by atoms with Crippen LogP contribution in [0.15, 0.2) is 10.3 Å². The second-order valence-electron chi connectivity index (χ2n) is 3.46. The average Bonchev–Trinajstić information content (AvgIpc) is 2.74. The zero-order chi connectivity index (χ0) is 14.5. The standard InChI is InChI=1S/C9H15N3O4S3/c1-3-10-9-7(12(13)14)6-8(18-9)19(15,16)11-4-5-17-2/h6,10-11H,3-5H2,1-2H3. The molecule has 0 spiro atoms. The van der Waals surface area contributed by atoms with Gasteiger partial charge in [-0.1, -0.05) is 11.3 Å². The first-order chi connectivity index (χ1) is 8.92. The van der Waals surface area contributed by atoms with E-state index in [-0.39, 0.29) is 14.9 Å². The van der Waals surface area contributed by atoms with Gasteiger partial charge in [-0.25, -0.2) is 13.1 Å². The molecule has 0 radical (unpaired) electrons. The van der Waals surface area contributed by atoms with Crippen molar-refractivity contribution in [2.45, 2.75) is 11.1 Å². The highest BCUT2D eigenvalue weighted by Crippen LogP contribution is 2.36. The second kappa shape index (κ2) is 7.08. The maximum absolute atomic E-state index is 11.9. The molecule has 0 saturated carbocycles. The van der Waals surface area contributed by atoms with Crippen LogP contribution in [0.3, 0.4) is 0 Å². The molecule has 108 valence electrons. The van der Waals surface area contributed by atoms with Crippen LogP contribution in [-0.4, -0.2) is 38.4 Å². The summed E-state index contributed by atoms with van der Waals surface area (Å²) in [7, 11) is -3.68. The fraction of sp³-hybridized carbons (Fsp3) is 0.556. The number of hydrogen-bond acceptors (Lipinski definition) is 7. The van der Waals surface area contributed by atoms with Gasteiger partial charge in [0.25, 0.3) is 0 Å². The van der Waals surface area contributed by atoms with E-state index >= 15 is 0 Å². The Morgan fingerprint density at radius 3 is 2.74 bits per heavy atom. The van der Waals surface area contributed by atoms with Gasteiger partial charge in [-0.3, -0.25) is 10.1 Å². The molecule has 0 aliphatic rings. The molecule has 7 nitrogen and oxygen atoms in total. The van der Waals surface area contributed by atoms with Gasteiger partial charge in [-0.15, -0.1) is 0 Å². The minimum atomic E-state index is -3.68. The van der Waals surface area contributed by atoms with E-state index < -0.39 is 14.9 Å². The van der Waals surface area contributed by atoms with Gasteiger partial charge in [0, 0.05) is 24.9 Å². The Hall–Kier alpha value is -0.840. The molecule has 19 heavy (non-hydrogen) atoms. The van der Waals surface area contributed by atoms with E-state index in [9.17, 15) is 18.5 Å². The smallest absolute Gasteiger partial charge is 0.304 e. The largest absolute Gasteiger partial charge is 0.372 e. The van der Waals surface area contributed by atoms with Crippen LogP contribution < -0.4 is 10.0 Å². The van der Waals surface area contributed by atoms with Gasteiger partial charge in [0.2, 0.25) is 10.0 Å². The summed E-state index contributed by atoms with van der Waals surface area (Å²) in [6.07, 6.45) is 1.87. The lowest BCUT2D eigenvalue weighted by Gasteiger charge is -2.02. The Morgan fingerprint density at radius 2 is 2.21 bits per heavy atom. The normalized spacial score (nSPS) is 11.5. The molecule has 1 aromatic rings. The minimum Gasteiger partial charge on any atom is -0.372 e. The summed E-state index contributed by atoms with van der Waals surface area (Å²) in [5.41, 5.74) is -0.211. The number of sulfonamides is 1. The third kappa shape index (κ3) is 4.34. The average molecular weight is 325 g/mol. The molecule has 0 unspecified atom stereocenters. The molecule has 0 bridgehead atoms. The molecule has 0 atom stereocenters. The maximum Gasteiger partial charge on any atom is 0.304 e. The number of thiophene rings is 1. The summed E-state index contributed by atoms with van der Waals surface area (Å²) in [6.45, 7) is 2.57. The zero-order valence-corrected chi connectivity index (χ0v) is 13.0. The Bertz CT molecular complexity index is 541. The van der Waals surface area contributed by atoms with Crippen molar-refractivity contribution in [1.82, 2.24) is 4.72 Å². The van der Waals surface area contributed by atoms with Crippen molar-refractivity contribution in [3.05, 3.63) is 16.2 Å². The van der Waals surface area contributed by atoms with E-state index in [1.807, 2.05) is 6.26 Å². The van der Waals surface area contributed by atoms with Crippen molar-refractivity contribution in [2.75, 3.05) is 30.4 Å². The predicted octanol–water partition coefficient (Wildman–Crippen LogP) is 1.73. The van der Waals surface area contributed by atoms with E-state index in [1.165, 1.54) is 11.8 Å². The highest BCUT2D eigenvalue weighted by Gasteiger charge is 2.25. The van der Waals surface area contributed by atoms with Crippen LogP contribution in [0, 0.1) is 10.1 Å². The Morgan fingerprint density at radius 1 is 1.53 bits per heavy atom. The quantitative estimate of drug-likeness (QED) is 0.429. The first-order valence-corrected chi connectivity index (χ1v) is 9.12. The third-order valence-corrected chi connectivity index (χ3v) is 5.72. The molecule has 10 heteroatoms. The van der Waals surface area contributed by atoms with E-state index in [0.29, 0.717) is 18.8 Å². The lowest BCUT2D eigenvalue weighted by atomic mass is 10.5. The van der Waals surface area contributed by atoms with Gasteiger partial charge in [-0.05, 0) is 13.2 Å². The highest BCUT2D eigenvalue weighted by molar-refractivity contribution is 7.98. The van der Waals surface area contributed by atoms with Crippen LogP contribution in [-0.2, 0) is 10.0 Å². The van der Waals surface area contributed by atoms with Crippen LogP contribution in [0.25, 0.3) is 0 Å². The van der Waals surface area contributed by atoms with Crippen molar-refractivity contribution in [3.8, 4) is 0 Å². The summed E-state index contributed by atoms with van der Waals surface area (Å²) in [5.74, 6) is 0.646. The van der Waals surface area contributed by atoms with Gasteiger partial charge in [0.1, 0.15) is 4.21 Å². The summed E-state index contributed by atoms with van der Waals surface area (Å²) < 4.78 is 26.2. The molecule has 0 aliphatic heterocycles. The molecule has 0 amide bonds. The van der Waals surface area contributed by atoms with E-state index in [2.05, 4.69) is 10.0 Å². The number of anilines is 1. The number of thioether (sulfide) groups is 1. The number of hydrogen-bond donors (Lipinski definition) is 2. The minimum absolute atomic E-state index is 0.0451. The predicted molar refractivity (Wildman–Crippen MR) is 78.7 cm³/mol. The van der Waals surface area contributed by atoms with Crippen molar-refractivity contribution in [3.63, 3.8) is 0 Å². The number of rotatable bonds is 8. The molecule has 1 aromatic heterocycles. The van der Waals surface area contributed by atoms with Gasteiger partial charge in [0.05, 0.1) is 4.92 Å². The summed E-state index contributed by atoms with van der Waals surface area (Å²) >= 11 is 2.38. The molecule has 1 rings (SSSR count). The molecule has 0 aliphatic carbocycles. The Labute approximate surface area is 120 Å². The van der Waals surface area contributed by atoms with Gasteiger partial charge in [0.15, 0.2) is 5.00 Å². The maximum atomic E-state index is 11.9. The second-order valence-corrected chi connectivity index (χ2v) is 7.49. The van der Waals surface area contributed by atoms with E-state index in [4.69, 9.17) is 0 Å². The number of nitrogens with zero attached hydrogens (tertiary/aromatic N) is 1. The zero-order valence-electron chi connectivity index (χ0n) is 10.5. The van der Waals surface area contributed by atoms with Crippen LogP contribution in [0.2, 0.25) is 0 Å². The van der Waals surface area contributed by atoms with Crippen molar-refractivity contribution in [1.29, 1.82) is 0 Å². The van der Waals surface area contributed by atoms with E-state index in [1.54, 1.807) is 6.92 Å². The monoisotopic (exact) mass is 325 g/mol. The summed E-state index contributed by atoms with van der Waals surface area (Å²) in [5, 5.41) is 13.9. The first-order valence-electron chi connectivity index (χ1n) is 5.43. The molecule has 0 saturated heterocycles. The summed E-state index contributed by atoms with van der Waals surface area (Å²) in [6, 6.07) is 1.09. The first kappa shape index (κ1) is 16.2. The Balaban J connectivity index is 3.00. The molecule has 1 heterocycles. The topological polar surface area (TPSA) is 101 Å². The van der Waals surface area contributed by atoms with Crippen molar-refractivity contribution >= 4 is 43.8 Å². The van der Waals surface area contributed by atoms with Gasteiger partial charge >= 0.3 is 5.69 Å². The fourth-order valence-electron chi connectivity index (χ4n) is 1.26. The van der Waals surface area contributed by atoms with Crippen molar-refractivity contribution in [2.24, 2.45) is 0 Å². The molecular formula is C9H15N3O4S3. The summed E-state index contributed by atoms with van der Waals surface area (Å²) in [4.78, 5) is 10.3. The van der Waals surface area contributed by atoms with Crippen LogP contribution in [0.1, 0.15) is 6.92 Å². The van der Waals surface area contributed by atoms with E-state index in [0.717, 1.165) is 17.4 Å². The molecule has 2 N–H and O–H groups in total. The fourth-order valence-corrected chi connectivity index (χ4v) is 4.17. The molecular weight excluding hydrogens is 310 g/mol. The third-order valence-electron chi connectivity index (χ3n) is 2.09. The van der Waals surface area contributed by atoms with Gasteiger partial charge < -0.3 is 5.32 Å². The van der Waals surface area contributed by atoms with Crippen LogP contribution in [0.5, 0.6) is 0 Å². The molecule has 0 fully saturated rings. The number of nitrogens with one attached hydrogen (secondary N) is 2. The van der Waals surface area contributed by atoms with Gasteiger partial charge in [-0.2, -0.15) is 11.8 Å².